The largest absolute Gasteiger partial charge is 0.313 e. The highest BCUT2D eigenvalue weighted by Crippen LogP contribution is 2.23. The first-order valence-corrected chi connectivity index (χ1v) is 5.30. The summed E-state index contributed by atoms with van der Waals surface area (Å²) in [6.45, 7) is 2.43. The summed E-state index contributed by atoms with van der Waals surface area (Å²) in [5, 5.41) is 3.55. The Balaban J connectivity index is 1.52. The van der Waals surface area contributed by atoms with Crippen molar-refractivity contribution in [1.82, 2.24) is 10.2 Å². The maximum absolute atomic E-state index is 3.55. The normalized spacial score (nSPS) is 24.5. The molecule has 0 bridgehead atoms. The molecule has 2 heteroatoms. The molecule has 0 radical (unpaired) electrons. The van der Waals surface area contributed by atoms with Crippen LogP contribution in [0.25, 0.3) is 0 Å². The van der Waals surface area contributed by atoms with Gasteiger partial charge in [0.25, 0.3) is 0 Å². The molecular weight excluding hydrogens is 148 g/mol. The number of hydrogen-bond acceptors (Lipinski definition) is 2. The fourth-order valence-corrected chi connectivity index (χ4v) is 1.74. The molecule has 2 nitrogen and oxygen atoms in total. The fraction of sp³-hybridized carbons (Fsp3) is 1.00. The van der Waals surface area contributed by atoms with E-state index >= 15 is 0 Å². The summed E-state index contributed by atoms with van der Waals surface area (Å²) in [6, 6.07) is 1.78. The molecule has 0 aromatic rings. The van der Waals surface area contributed by atoms with Crippen LogP contribution in [0.4, 0.5) is 0 Å². The second-order valence-corrected chi connectivity index (χ2v) is 4.29. The van der Waals surface area contributed by atoms with E-state index in [-0.39, 0.29) is 0 Å². The van der Waals surface area contributed by atoms with Crippen LogP contribution in [-0.2, 0) is 0 Å². The van der Waals surface area contributed by atoms with Crippen LogP contribution >= 0.6 is 0 Å². The summed E-state index contributed by atoms with van der Waals surface area (Å²) in [6.07, 6.45) is 7.13. The first-order valence-electron chi connectivity index (χ1n) is 5.30. The first-order chi connectivity index (χ1) is 5.86. The van der Waals surface area contributed by atoms with Gasteiger partial charge in [0.15, 0.2) is 0 Å². The quantitative estimate of drug-likeness (QED) is 0.664. The highest BCUT2D eigenvalue weighted by atomic mass is 15.2. The second-order valence-electron chi connectivity index (χ2n) is 4.29. The third-order valence-electron chi connectivity index (χ3n) is 3.17. The Hall–Kier alpha value is -0.0800. The van der Waals surface area contributed by atoms with Crippen LogP contribution in [0.1, 0.15) is 32.1 Å². The molecule has 2 fully saturated rings. The number of hydrogen-bond donors (Lipinski definition) is 1. The van der Waals surface area contributed by atoms with Crippen molar-refractivity contribution in [3.05, 3.63) is 0 Å². The maximum Gasteiger partial charge on any atom is 0.0107 e. The Kier molecular flexibility index (Phi) is 2.66. The molecule has 0 saturated heterocycles. The zero-order valence-corrected chi connectivity index (χ0v) is 8.05. The lowest BCUT2D eigenvalue weighted by Crippen LogP contribution is -2.41. The van der Waals surface area contributed by atoms with Crippen LogP contribution in [0.2, 0.25) is 0 Å². The van der Waals surface area contributed by atoms with E-state index in [1.807, 2.05) is 0 Å². The maximum atomic E-state index is 3.55. The second kappa shape index (κ2) is 3.75. The number of rotatable bonds is 5. The molecule has 0 atom stereocenters. The Morgan fingerprint density at radius 2 is 2.00 bits per heavy atom. The van der Waals surface area contributed by atoms with Gasteiger partial charge in [-0.05, 0) is 32.7 Å². The van der Waals surface area contributed by atoms with E-state index < -0.39 is 0 Å². The lowest BCUT2D eigenvalue weighted by molar-refractivity contribution is 0.160. The predicted molar refractivity (Wildman–Crippen MR) is 51.3 cm³/mol. The van der Waals surface area contributed by atoms with E-state index in [0.717, 1.165) is 12.1 Å². The van der Waals surface area contributed by atoms with Crippen molar-refractivity contribution in [2.75, 3.05) is 20.1 Å². The van der Waals surface area contributed by atoms with Crippen LogP contribution in [0.15, 0.2) is 0 Å². The molecule has 2 rings (SSSR count). The van der Waals surface area contributed by atoms with E-state index in [0.29, 0.717) is 0 Å². The molecule has 1 N–H and O–H groups in total. The highest BCUT2D eigenvalue weighted by molar-refractivity contribution is 4.82. The monoisotopic (exact) mass is 168 g/mol. The standard InChI is InChI=1S/C10H20N2/c1-12(10-3-2-4-10)8-7-11-9-5-6-9/h9-11H,2-8H2,1H3. The summed E-state index contributed by atoms with van der Waals surface area (Å²) < 4.78 is 0. The van der Waals surface area contributed by atoms with Crippen molar-refractivity contribution in [3.8, 4) is 0 Å². The van der Waals surface area contributed by atoms with Gasteiger partial charge in [0.05, 0.1) is 0 Å². The molecule has 70 valence electrons. The molecule has 0 heterocycles. The minimum absolute atomic E-state index is 0.875. The van der Waals surface area contributed by atoms with Gasteiger partial charge in [0.1, 0.15) is 0 Å². The average Bonchev–Trinajstić information content (AvgIpc) is 2.67. The van der Waals surface area contributed by atoms with Crippen molar-refractivity contribution in [2.45, 2.75) is 44.2 Å². The van der Waals surface area contributed by atoms with Crippen molar-refractivity contribution < 1.29 is 0 Å². The van der Waals surface area contributed by atoms with Gasteiger partial charge in [-0.3, -0.25) is 0 Å². The summed E-state index contributed by atoms with van der Waals surface area (Å²) in [5.41, 5.74) is 0. The summed E-state index contributed by atoms with van der Waals surface area (Å²) in [4.78, 5) is 2.51. The van der Waals surface area contributed by atoms with Crippen LogP contribution < -0.4 is 5.32 Å². The van der Waals surface area contributed by atoms with Crippen molar-refractivity contribution in [2.24, 2.45) is 0 Å². The minimum Gasteiger partial charge on any atom is -0.313 e. The summed E-state index contributed by atoms with van der Waals surface area (Å²) in [7, 11) is 2.26. The zero-order valence-electron chi connectivity index (χ0n) is 8.05. The van der Waals surface area contributed by atoms with Gasteiger partial charge in [-0.2, -0.15) is 0 Å². The van der Waals surface area contributed by atoms with Gasteiger partial charge in [0, 0.05) is 25.2 Å². The average molecular weight is 168 g/mol. The Morgan fingerprint density at radius 1 is 1.25 bits per heavy atom. The van der Waals surface area contributed by atoms with E-state index in [1.54, 1.807) is 0 Å². The number of nitrogens with zero attached hydrogens (tertiary/aromatic N) is 1. The lowest BCUT2D eigenvalue weighted by Gasteiger charge is -2.34. The highest BCUT2D eigenvalue weighted by Gasteiger charge is 2.23. The van der Waals surface area contributed by atoms with Crippen LogP contribution in [0, 0.1) is 0 Å². The minimum atomic E-state index is 0.875. The van der Waals surface area contributed by atoms with E-state index in [2.05, 4.69) is 17.3 Å². The Bertz CT molecular complexity index is 139. The third-order valence-corrected chi connectivity index (χ3v) is 3.17. The Labute approximate surface area is 75.3 Å². The van der Waals surface area contributed by atoms with Gasteiger partial charge in [-0.1, -0.05) is 6.42 Å². The lowest BCUT2D eigenvalue weighted by atomic mass is 9.92. The van der Waals surface area contributed by atoms with Gasteiger partial charge in [-0.15, -0.1) is 0 Å². The molecule has 0 spiro atoms. The molecule has 2 saturated carbocycles. The van der Waals surface area contributed by atoms with Gasteiger partial charge in [0.2, 0.25) is 0 Å². The van der Waals surface area contributed by atoms with Crippen molar-refractivity contribution in [1.29, 1.82) is 0 Å². The van der Waals surface area contributed by atoms with Crippen LogP contribution in [0.5, 0.6) is 0 Å². The van der Waals surface area contributed by atoms with Crippen molar-refractivity contribution >= 4 is 0 Å². The van der Waals surface area contributed by atoms with Crippen LogP contribution in [-0.4, -0.2) is 37.1 Å². The molecule has 0 unspecified atom stereocenters. The first kappa shape index (κ1) is 8.52. The van der Waals surface area contributed by atoms with E-state index in [4.69, 9.17) is 0 Å². The molecule has 2 aliphatic carbocycles. The summed E-state index contributed by atoms with van der Waals surface area (Å²) in [5.74, 6) is 0. The SMILES string of the molecule is CN(CCNC1CC1)C1CCC1. The van der Waals surface area contributed by atoms with Crippen LogP contribution in [0.3, 0.4) is 0 Å². The number of likely N-dealkylation sites (N-methyl/N-ethyl adjacent to an activating group) is 1. The fourth-order valence-electron chi connectivity index (χ4n) is 1.74. The van der Waals surface area contributed by atoms with Gasteiger partial charge >= 0.3 is 0 Å². The Morgan fingerprint density at radius 3 is 2.50 bits per heavy atom. The molecule has 0 aromatic carbocycles. The third kappa shape index (κ3) is 2.20. The molecule has 2 aliphatic rings. The molecular formula is C10H20N2. The number of nitrogens with one attached hydrogen (secondary N) is 1. The van der Waals surface area contributed by atoms with Gasteiger partial charge in [-0.25, -0.2) is 0 Å². The smallest absolute Gasteiger partial charge is 0.0107 e. The molecule has 12 heavy (non-hydrogen) atoms. The molecule has 0 amide bonds. The van der Waals surface area contributed by atoms with Crippen molar-refractivity contribution in [3.63, 3.8) is 0 Å². The predicted octanol–water partition coefficient (Wildman–Crippen LogP) is 1.22. The van der Waals surface area contributed by atoms with Gasteiger partial charge < -0.3 is 10.2 Å². The zero-order chi connectivity index (χ0) is 8.39. The summed E-state index contributed by atoms with van der Waals surface area (Å²) >= 11 is 0. The van der Waals surface area contributed by atoms with E-state index in [9.17, 15) is 0 Å². The van der Waals surface area contributed by atoms with E-state index in [1.165, 1.54) is 45.2 Å². The molecule has 0 aromatic heterocycles. The topological polar surface area (TPSA) is 15.3 Å². The molecule has 0 aliphatic heterocycles.